The van der Waals surface area contributed by atoms with Crippen LogP contribution in [0.5, 0.6) is 11.5 Å². The van der Waals surface area contributed by atoms with Crippen LogP contribution in [-0.4, -0.2) is 42.4 Å². The molecule has 4 aromatic rings. The molecule has 1 unspecified atom stereocenters. The summed E-state index contributed by atoms with van der Waals surface area (Å²) >= 11 is 1.18. The smallest absolute Gasteiger partial charge is 0.338 e. The number of aromatic carboxylic acids is 1. The van der Waals surface area contributed by atoms with Gasteiger partial charge in [-0.2, -0.15) is 0 Å². The second-order valence-electron chi connectivity index (χ2n) is 9.45. The highest BCUT2D eigenvalue weighted by Gasteiger charge is 2.34. The Morgan fingerprint density at radius 2 is 1.83 bits per heavy atom. The molecule has 0 aliphatic carbocycles. The van der Waals surface area contributed by atoms with Crippen molar-refractivity contribution in [3.63, 3.8) is 0 Å². The Labute approximate surface area is 244 Å². The zero-order valence-corrected chi connectivity index (χ0v) is 24.4. The standard InChI is InChI=1S/C31H28N2O8S/c1-6-40-30(37)26-17(3)32-31-33(27(26)18-8-11-23(38-4)24(14-18)39-5)28(34)25(42-31)15-20-9-12-22(41-20)21-10-7-19(29(35)36)13-16(21)2/h7-15,27H,6H2,1-5H3,(H,35,36)/b25-15+. The number of carbonyl (C=O) groups excluding carboxylic acids is 1. The van der Waals surface area contributed by atoms with E-state index in [0.29, 0.717) is 43.6 Å². The Morgan fingerprint density at radius 3 is 2.50 bits per heavy atom. The van der Waals surface area contributed by atoms with Crippen LogP contribution in [-0.2, 0) is 9.53 Å². The highest BCUT2D eigenvalue weighted by Crippen LogP contribution is 2.36. The summed E-state index contributed by atoms with van der Waals surface area (Å²) in [6.45, 7) is 5.40. The summed E-state index contributed by atoms with van der Waals surface area (Å²) in [5.74, 6) is 0.354. The summed E-state index contributed by atoms with van der Waals surface area (Å²) < 4.78 is 24.1. The van der Waals surface area contributed by atoms with Crippen molar-refractivity contribution >= 4 is 29.4 Å². The minimum absolute atomic E-state index is 0.165. The fourth-order valence-corrected chi connectivity index (χ4v) is 5.93. The van der Waals surface area contributed by atoms with Gasteiger partial charge >= 0.3 is 11.9 Å². The molecule has 1 atom stereocenters. The lowest BCUT2D eigenvalue weighted by molar-refractivity contribution is -0.139. The molecule has 0 bridgehead atoms. The van der Waals surface area contributed by atoms with E-state index in [1.165, 1.54) is 36.2 Å². The van der Waals surface area contributed by atoms with Gasteiger partial charge < -0.3 is 23.7 Å². The van der Waals surface area contributed by atoms with Gasteiger partial charge in [-0.15, -0.1) is 0 Å². The first-order chi connectivity index (χ1) is 20.2. The first kappa shape index (κ1) is 28.6. The molecule has 0 radical (unpaired) electrons. The van der Waals surface area contributed by atoms with Crippen LogP contribution in [0.4, 0.5) is 0 Å². The third-order valence-electron chi connectivity index (χ3n) is 6.88. The van der Waals surface area contributed by atoms with E-state index in [-0.39, 0.29) is 23.3 Å². The molecule has 1 N–H and O–H groups in total. The summed E-state index contributed by atoms with van der Waals surface area (Å²) in [4.78, 5) is 43.4. The van der Waals surface area contributed by atoms with Crippen molar-refractivity contribution in [1.29, 1.82) is 0 Å². The molecule has 0 amide bonds. The molecule has 1 aliphatic heterocycles. The van der Waals surface area contributed by atoms with Crippen molar-refractivity contribution in [2.75, 3.05) is 20.8 Å². The molecule has 42 heavy (non-hydrogen) atoms. The number of hydrogen-bond acceptors (Lipinski definition) is 9. The SMILES string of the molecule is CCOC(=O)C1=C(C)N=c2s/c(=C/c3ccc(-c4ccc(C(=O)O)cc4C)o3)c(=O)n2C1c1ccc(OC)c(OC)c1. The number of thiazole rings is 1. The Bertz CT molecular complexity index is 1930. The van der Waals surface area contributed by atoms with Crippen LogP contribution in [0.2, 0.25) is 0 Å². The molecule has 0 fully saturated rings. The predicted octanol–water partition coefficient (Wildman–Crippen LogP) is 4.08. The molecular formula is C31H28N2O8S. The van der Waals surface area contributed by atoms with Crippen molar-refractivity contribution in [1.82, 2.24) is 4.57 Å². The van der Waals surface area contributed by atoms with Crippen LogP contribution < -0.4 is 24.4 Å². The van der Waals surface area contributed by atoms with Gasteiger partial charge in [-0.05, 0) is 68.3 Å². The van der Waals surface area contributed by atoms with Crippen molar-refractivity contribution < 1.29 is 33.3 Å². The lowest BCUT2D eigenvalue weighted by Gasteiger charge is -2.25. The largest absolute Gasteiger partial charge is 0.493 e. The normalized spacial score (nSPS) is 14.8. The summed E-state index contributed by atoms with van der Waals surface area (Å²) in [6.07, 6.45) is 1.63. The zero-order valence-electron chi connectivity index (χ0n) is 23.6. The topological polar surface area (TPSA) is 130 Å². The van der Waals surface area contributed by atoms with Gasteiger partial charge in [0.1, 0.15) is 11.5 Å². The third kappa shape index (κ3) is 5.14. The molecule has 2 aromatic heterocycles. The van der Waals surface area contributed by atoms with Crippen molar-refractivity contribution in [2.45, 2.75) is 26.8 Å². The molecule has 10 nitrogen and oxygen atoms in total. The number of rotatable bonds is 8. The van der Waals surface area contributed by atoms with Gasteiger partial charge in [0.15, 0.2) is 16.3 Å². The average Bonchev–Trinajstić information content (AvgIpc) is 3.55. The van der Waals surface area contributed by atoms with Gasteiger partial charge in [-0.3, -0.25) is 9.36 Å². The van der Waals surface area contributed by atoms with Crippen molar-refractivity contribution in [3.8, 4) is 22.8 Å². The lowest BCUT2D eigenvalue weighted by atomic mass is 9.95. The molecular weight excluding hydrogens is 560 g/mol. The third-order valence-corrected chi connectivity index (χ3v) is 7.86. The molecule has 216 valence electrons. The number of aryl methyl sites for hydroxylation is 1. The molecule has 1 aliphatic rings. The number of methoxy groups -OCH3 is 2. The van der Waals surface area contributed by atoms with Gasteiger partial charge in [-0.1, -0.05) is 23.5 Å². The quantitative estimate of drug-likeness (QED) is 0.305. The number of benzene rings is 2. The van der Waals surface area contributed by atoms with Gasteiger partial charge in [0.05, 0.1) is 48.2 Å². The molecule has 5 rings (SSSR count). The number of fused-ring (bicyclic) bond motifs is 1. The summed E-state index contributed by atoms with van der Waals surface area (Å²) in [5, 5.41) is 9.26. The number of carbonyl (C=O) groups is 2. The van der Waals surface area contributed by atoms with Gasteiger partial charge in [-0.25, -0.2) is 14.6 Å². The Kier molecular flexibility index (Phi) is 7.86. The van der Waals surface area contributed by atoms with E-state index in [0.717, 1.165) is 11.1 Å². The number of esters is 1. The maximum Gasteiger partial charge on any atom is 0.338 e. The Morgan fingerprint density at radius 1 is 1.07 bits per heavy atom. The minimum Gasteiger partial charge on any atom is -0.493 e. The molecule has 0 saturated heterocycles. The number of furan rings is 1. The van der Waals surface area contributed by atoms with Crippen LogP contribution in [0.1, 0.15) is 47.1 Å². The van der Waals surface area contributed by atoms with Crippen LogP contribution in [0.3, 0.4) is 0 Å². The summed E-state index contributed by atoms with van der Waals surface area (Å²) in [7, 11) is 3.04. The predicted molar refractivity (Wildman–Crippen MR) is 156 cm³/mol. The lowest BCUT2D eigenvalue weighted by Crippen LogP contribution is -2.39. The number of allylic oxidation sites excluding steroid dienone is 1. The number of nitrogens with zero attached hydrogens (tertiary/aromatic N) is 2. The summed E-state index contributed by atoms with van der Waals surface area (Å²) in [5.41, 5.74) is 2.64. The highest BCUT2D eigenvalue weighted by molar-refractivity contribution is 7.07. The van der Waals surface area contributed by atoms with E-state index in [9.17, 15) is 19.5 Å². The molecule has 3 heterocycles. The number of carboxylic acids is 1. The molecule has 0 spiro atoms. The summed E-state index contributed by atoms with van der Waals surface area (Å²) in [6, 6.07) is 12.7. The first-order valence-electron chi connectivity index (χ1n) is 13.0. The van der Waals surface area contributed by atoms with Crippen LogP contribution in [0, 0.1) is 6.92 Å². The van der Waals surface area contributed by atoms with E-state index < -0.39 is 18.0 Å². The second kappa shape index (κ2) is 11.5. The maximum absolute atomic E-state index is 13.9. The Balaban J connectivity index is 1.63. The highest BCUT2D eigenvalue weighted by atomic mass is 32.1. The second-order valence-corrected chi connectivity index (χ2v) is 10.5. The van der Waals surface area contributed by atoms with E-state index in [2.05, 4.69) is 4.99 Å². The molecule has 0 saturated carbocycles. The zero-order chi connectivity index (χ0) is 30.1. The van der Waals surface area contributed by atoms with E-state index in [1.54, 1.807) is 69.3 Å². The van der Waals surface area contributed by atoms with Gasteiger partial charge in [0.2, 0.25) is 0 Å². The van der Waals surface area contributed by atoms with E-state index in [4.69, 9.17) is 18.6 Å². The average molecular weight is 589 g/mol. The van der Waals surface area contributed by atoms with Gasteiger partial charge in [0.25, 0.3) is 5.56 Å². The van der Waals surface area contributed by atoms with E-state index >= 15 is 0 Å². The van der Waals surface area contributed by atoms with E-state index in [1.807, 2.05) is 0 Å². The van der Waals surface area contributed by atoms with Crippen LogP contribution >= 0.6 is 11.3 Å². The first-order valence-corrected chi connectivity index (χ1v) is 13.8. The monoisotopic (exact) mass is 588 g/mol. The van der Waals surface area contributed by atoms with Crippen molar-refractivity contribution in [2.24, 2.45) is 4.99 Å². The fraction of sp³-hybridized carbons (Fsp3) is 0.226. The van der Waals surface area contributed by atoms with Crippen molar-refractivity contribution in [3.05, 3.63) is 102 Å². The Hall–Kier alpha value is -4.90. The molecule has 11 heteroatoms. The maximum atomic E-state index is 13.9. The molecule has 2 aromatic carbocycles. The number of ether oxygens (including phenoxy) is 3. The fourth-order valence-electron chi connectivity index (χ4n) is 4.91. The number of carboxylic acid groups (broad SMARTS) is 1. The number of hydrogen-bond donors (Lipinski definition) is 1. The number of aromatic nitrogens is 1. The van der Waals surface area contributed by atoms with Crippen LogP contribution in [0.15, 0.2) is 74.0 Å². The van der Waals surface area contributed by atoms with Crippen LogP contribution in [0.25, 0.3) is 17.4 Å². The van der Waals surface area contributed by atoms with Gasteiger partial charge in [0, 0.05) is 11.6 Å². The minimum atomic E-state index is -1.01.